The largest absolute Gasteiger partial charge is 0.398 e. The van der Waals surface area contributed by atoms with E-state index in [1.54, 1.807) is 0 Å². The van der Waals surface area contributed by atoms with Crippen molar-refractivity contribution in [1.29, 1.82) is 0 Å². The van der Waals surface area contributed by atoms with Crippen molar-refractivity contribution in [2.45, 2.75) is 38.3 Å². The van der Waals surface area contributed by atoms with E-state index < -0.39 is 0 Å². The Morgan fingerprint density at radius 1 is 1.30 bits per heavy atom. The molecular weight excluding hydrogens is 248 g/mol. The van der Waals surface area contributed by atoms with Crippen LogP contribution in [0.15, 0.2) is 30.7 Å². The van der Waals surface area contributed by atoms with Crippen LogP contribution in [-0.4, -0.2) is 16.1 Å². The molecule has 4 nitrogen and oxygen atoms in total. The first-order valence-electron chi connectivity index (χ1n) is 7.46. The molecule has 2 aliphatic rings. The smallest absolute Gasteiger partial charge is 0.0951 e. The molecule has 2 N–H and O–H groups in total. The van der Waals surface area contributed by atoms with E-state index in [1.807, 2.05) is 18.6 Å². The van der Waals surface area contributed by atoms with Crippen molar-refractivity contribution >= 4 is 11.4 Å². The van der Waals surface area contributed by atoms with E-state index in [1.165, 1.54) is 36.2 Å². The van der Waals surface area contributed by atoms with Gasteiger partial charge in [0.15, 0.2) is 0 Å². The highest BCUT2D eigenvalue weighted by molar-refractivity contribution is 5.66. The number of imidazole rings is 1. The Hall–Kier alpha value is -1.97. The molecule has 0 atom stereocenters. The zero-order chi connectivity index (χ0) is 13.5. The van der Waals surface area contributed by atoms with E-state index in [9.17, 15) is 0 Å². The molecule has 4 rings (SSSR count). The minimum absolute atomic E-state index is 0.692. The minimum Gasteiger partial charge on any atom is -0.398 e. The van der Waals surface area contributed by atoms with Gasteiger partial charge >= 0.3 is 0 Å². The van der Waals surface area contributed by atoms with Crippen LogP contribution in [-0.2, 0) is 13.0 Å². The molecule has 0 spiro atoms. The SMILES string of the molecule is Nc1cccc2c1CCCN2Cc1cncn1C1CC1. The van der Waals surface area contributed by atoms with Crippen molar-refractivity contribution in [2.24, 2.45) is 0 Å². The quantitative estimate of drug-likeness (QED) is 0.871. The third-order valence-electron chi connectivity index (χ3n) is 4.42. The van der Waals surface area contributed by atoms with Crippen LogP contribution >= 0.6 is 0 Å². The van der Waals surface area contributed by atoms with E-state index in [2.05, 4.69) is 26.6 Å². The van der Waals surface area contributed by atoms with Gasteiger partial charge in [0.1, 0.15) is 0 Å². The van der Waals surface area contributed by atoms with Crippen molar-refractivity contribution in [3.63, 3.8) is 0 Å². The molecule has 1 aromatic heterocycles. The van der Waals surface area contributed by atoms with E-state index in [0.717, 1.165) is 25.2 Å². The fourth-order valence-corrected chi connectivity index (χ4v) is 3.22. The summed E-state index contributed by atoms with van der Waals surface area (Å²) in [6.07, 6.45) is 8.87. The second-order valence-electron chi connectivity index (χ2n) is 5.89. The predicted octanol–water partition coefficient (Wildman–Crippen LogP) is 2.75. The van der Waals surface area contributed by atoms with E-state index in [0.29, 0.717) is 6.04 Å². The van der Waals surface area contributed by atoms with E-state index in [-0.39, 0.29) is 0 Å². The third-order valence-corrected chi connectivity index (χ3v) is 4.42. The number of benzene rings is 1. The second-order valence-corrected chi connectivity index (χ2v) is 5.89. The van der Waals surface area contributed by atoms with Crippen LogP contribution < -0.4 is 10.6 Å². The first-order chi connectivity index (χ1) is 9.83. The monoisotopic (exact) mass is 268 g/mol. The van der Waals surface area contributed by atoms with Crippen molar-refractivity contribution in [1.82, 2.24) is 9.55 Å². The summed E-state index contributed by atoms with van der Waals surface area (Å²) in [6.45, 7) is 2.04. The third kappa shape index (κ3) is 1.96. The van der Waals surface area contributed by atoms with Crippen molar-refractivity contribution in [2.75, 3.05) is 17.2 Å². The number of nitrogens with zero attached hydrogens (tertiary/aromatic N) is 3. The van der Waals surface area contributed by atoms with Gasteiger partial charge < -0.3 is 15.2 Å². The minimum atomic E-state index is 0.692. The van der Waals surface area contributed by atoms with Gasteiger partial charge in [0, 0.05) is 30.2 Å². The summed E-state index contributed by atoms with van der Waals surface area (Å²) in [6, 6.07) is 6.96. The zero-order valence-corrected chi connectivity index (χ0v) is 11.6. The molecule has 1 saturated carbocycles. The van der Waals surface area contributed by atoms with Crippen LogP contribution in [0.3, 0.4) is 0 Å². The molecule has 104 valence electrons. The van der Waals surface area contributed by atoms with Crippen LogP contribution in [0.2, 0.25) is 0 Å². The number of fused-ring (bicyclic) bond motifs is 1. The molecule has 0 amide bonds. The summed E-state index contributed by atoms with van der Waals surface area (Å²) < 4.78 is 2.35. The topological polar surface area (TPSA) is 47.1 Å². The maximum atomic E-state index is 6.12. The van der Waals surface area contributed by atoms with Gasteiger partial charge in [-0.15, -0.1) is 0 Å². The summed E-state index contributed by atoms with van der Waals surface area (Å²) in [5.74, 6) is 0. The van der Waals surface area contributed by atoms with Crippen molar-refractivity contribution < 1.29 is 0 Å². The maximum absolute atomic E-state index is 6.12. The normalized spacial score (nSPS) is 18.1. The molecule has 1 fully saturated rings. The number of nitrogen functional groups attached to an aromatic ring is 1. The molecule has 0 radical (unpaired) electrons. The van der Waals surface area contributed by atoms with Gasteiger partial charge in [0.05, 0.1) is 18.6 Å². The number of hydrogen-bond donors (Lipinski definition) is 1. The van der Waals surface area contributed by atoms with Crippen LogP contribution in [0.4, 0.5) is 11.4 Å². The van der Waals surface area contributed by atoms with Gasteiger partial charge in [-0.3, -0.25) is 0 Å². The van der Waals surface area contributed by atoms with Gasteiger partial charge in [-0.2, -0.15) is 0 Å². The molecule has 2 aromatic rings. The summed E-state index contributed by atoms with van der Waals surface area (Å²) in [7, 11) is 0. The first-order valence-corrected chi connectivity index (χ1v) is 7.46. The summed E-state index contributed by atoms with van der Waals surface area (Å²) in [5.41, 5.74) is 11.0. The average molecular weight is 268 g/mol. The van der Waals surface area contributed by atoms with Gasteiger partial charge in [0.25, 0.3) is 0 Å². The Labute approximate surface area is 119 Å². The second kappa shape index (κ2) is 4.54. The number of rotatable bonds is 3. The molecule has 0 bridgehead atoms. The highest BCUT2D eigenvalue weighted by atomic mass is 15.2. The Morgan fingerprint density at radius 2 is 2.20 bits per heavy atom. The average Bonchev–Trinajstić information content (AvgIpc) is 3.20. The Kier molecular flexibility index (Phi) is 2.69. The summed E-state index contributed by atoms with van der Waals surface area (Å²) in [5, 5.41) is 0. The molecule has 1 aliphatic carbocycles. The highest BCUT2D eigenvalue weighted by Gasteiger charge is 2.26. The lowest BCUT2D eigenvalue weighted by molar-refractivity contribution is 0.639. The van der Waals surface area contributed by atoms with Crippen LogP contribution in [0.25, 0.3) is 0 Å². The molecule has 0 saturated heterocycles. The standard InChI is InChI=1S/C16H20N4/c17-15-4-1-5-16-14(15)3-2-8-19(16)10-13-9-18-11-20(13)12-6-7-12/h1,4-5,9,11-12H,2-3,6-8,10,17H2. The summed E-state index contributed by atoms with van der Waals surface area (Å²) in [4.78, 5) is 6.78. The fourth-order valence-electron chi connectivity index (χ4n) is 3.22. The zero-order valence-electron chi connectivity index (χ0n) is 11.6. The molecule has 2 heterocycles. The molecule has 1 aliphatic heterocycles. The molecular formula is C16H20N4. The number of anilines is 2. The molecule has 0 unspecified atom stereocenters. The van der Waals surface area contributed by atoms with Crippen LogP contribution in [0.1, 0.15) is 36.6 Å². The van der Waals surface area contributed by atoms with E-state index >= 15 is 0 Å². The van der Waals surface area contributed by atoms with Crippen molar-refractivity contribution in [3.05, 3.63) is 42.0 Å². The first kappa shape index (κ1) is 11.8. The number of hydrogen-bond acceptors (Lipinski definition) is 3. The molecule has 4 heteroatoms. The van der Waals surface area contributed by atoms with Gasteiger partial charge in [0.2, 0.25) is 0 Å². The van der Waals surface area contributed by atoms with Crippen LogP contribution in [0.5, 0.6) is 0 Å². The molecule has 1 aromatic carbocycles. The summed E-state index contributed by atoms with van der Waals surface area (Å²) >= 11 is 0. The Balaban J connectivity index is 1.64. The number of aromatic nitrogens is 2. The number of nitrogens with two attached hydrogens (primary N) is 1. The van der Waals surface area contributed by atoms with E-state index in [4.69, 9.17) is 5.73 Å². The fraction of sp³-hybridized carbons (Fsp3) is 0.438. The Morgan fingerprint density at radius 3 is 3.05 bits per heavy atom. The maximum Gasteiger partial charge on any atom is 0.0951 e. The van der Waals surface area contributed by atoms with Crippen molar-refractivity contribution in [3.8, 4) is 0 Å². The molecule has 20 heavy (non-hydrogen) atoms. The highest BCUT2D eigenvalue weighted by Crippen LogP contribution is 2.37. The lowest BCUT2D eigenvalue weighted by Gasteiger charge is -2.32. The van der Waals surface area contributed by atoms with Gasteiger partial charge in [-0.1, -0.05) is 6.07 Å². The predicted molar refractivity (Wildman–Crippen MR) is 80.7 cm³/mol. The van der Waals surface area contributed by atoms with Gasteiger partial charge in [-0.05, 0) is 43.4 Å². The lowest BCUT2D eigenvalue weighted by atomic mass is 10.00. The van der Waals surface area contributed by atoms with Gasteiger partial charge in [-0.25, -0.2) is 4.98 Å². The lowest BCUT2D eigenvalue weighted by Crippen LogP contribution is -2.30. The van der Waals surface area contributed by atoms with Crippen LogP contribution in [0, 0.1) is 0 Å². The Bertz CT molecular complexity index is 627.